The van der Waals surface area contributed by atoms with E-state index in [2.05, 4.69) is 16.7 Å². The third-order valence-electron chi connectivity index (χ3n) is 4.72. The Balaban J connectivity index is 1.67. The molecular weight excluding hydrogens is 266 g/mol. The van der Waals surface area contributed by atoms with Gasteiger partial charge < -0.3 is 15.4 Å². The first kappa shape index (κ1) is 16.7. The summed E-state index contributed by atoms with van der Waals surface area (Å²) in [7, 11) is 0. The van der Waals surface area contributed by atoms with Crippen LogP contribution in [0.2, 0.25) is 0 Å². The molecule has 2 heterocycles. The van der Waals surface area contributed by atoms with Gasteiger partial charge in [-0.3, -0.25) is 9.69 Å². The molecular formula is C16H31N3O2. The molecule has 1 unspecified atom stereocenters. The van der Waals surface area contributed by atoms with Crippen molar-refractivity contribution in [3.05, 3.63) is 0 Å². The minimum Gasteiger partial charge on any atom is -0.378 e. The lowest BCUT2D eigenvalue weighted by Crippen LogP contribution is -2.48. The molecule has 2 fully saturated rings. The summed E-state index contributed by atoms with van der Waals surface area (Å²) in [6.07, 6.45) is 6.94. The van der Waals surface area contributed by atoms with Gasteiger partial charge in [-0.1, -0.05) is 0 Å². The van der Waals surface area contributed by atoms with Crippen LogP contribution < -0.4 is 5.73 Å². The molecule has 2 N–H and O–H groups in total. The second-order valence-corrected chi connectivity index (χ2v) is 6.42. The van der Waals surface area contributed by atoms with Crippen LogP contribution in [-0.2, 0) is 9.53 Å². The molecule has 5 heteroatoms. The number of nitrogens with two attached hydrogens (primary N) is 1. The molecule has 5 nitrogen and oxygen atoms in total. The van der Waals surface area contributed by atoms with Crippen molar-refractivity contribution in [2.75, 3.05) is 39.3 Å². The Hall–Kier alpha value is -0.650. The Kier molecular flexibility index (Phi) is 6.93. The normalized spacial score (nSPS) is 25.2. The molecule has 1 atom stereocenters. The number of piperidine rings is 2. The number of ether oxygens (including phenoxy) is 1. The molecule has 0 radical (unpaired) electrons. The lowest BCUT2D eigenvalue weighted by Gasteiger charge is -2.37. The lowest BCUT2D eigenvalue weighted by atomic mass is 10.0. The van der Waals surface area contributed by atoms with Gasteiger partial charge in [0, 0.05) is 32.3 Å². The highest BCUT2D eigenvalue weighted by atomic mass is 16.5. The van der Waals surface area contributed by atoms with Crippen LogP contribution in [0.25, 0.3) is 0 Å². The van der Waals surface area contributed by atoms with Gasteiger partial charge in [0.05, 0.1) is 12.6 Å². The third kappa shape index (κ3) is 5.24. The molecule has 0 aromatic carbocycles. The Morgan fingerprint density at radius 3 is 2.62 bits per heavy atom. The van der Waals surface area contributed by atoms with Crippen LogP contribution in [0.4, 0.5) is 0 Å². The van der Waals surface area contributed by atoms with E-state index in [0.29, 0.717) is 31.1 Å². The average Bonchev–Trinajstić information content (AvgIpc) is 2.49. The summed E-state index contributed by atoms with van der Waals surface area (Å²) in [5, 5.41) is 0. The maximum Gasteiger partial charge on any atom is 0.236 e. The summed E-state index contributed by atoms with van der Waals surface area (Å²) in [6, 6.07) is 0.420. The van der Waals surface area contributed by atoms with E-state index in [-0.39, 0.29) is 0 Å². The molecule has 21 heavy (non-hydrogen) atoms. The highest BCUT2D eigenvalue weighted by Crippen LogP contribution is 2.18. The summed E-state index contributed by atoms with van der Waals surface area (Å²) >= 11 is 0. The maximum absolute atomic E-state index is 12.4. The standard InChI is InChI=1S/C16H31N3O2/c1-14-5-2-3-9-19(14)16(20)13-18-10-6-15(7-11-18)21-12-4-8-17/h14-15H,2-13,17H2,1H3. The number of carbonyl (C=O) groups is 1. The Bertz CT molecular complexity index is 317. The lowest BCUT2D eigenvalue weighted by molar-refractivity contribution is -0.136. The first-order chi connectivity index (χ1) is 10.2. The number of nitrogens with zero attached hydrogens (tertiary/aromatic N) is 2. The molecule has 0 aromatic rings. The Morgan fingerprint density at radius 2 is 1.95 bits per heavy atom. The van der Waals surface area contributed by atoms with Crippen molar-refractivity contribution in [2.45, 2.75) is 57.6 Å². The van der Waals surface area contributed by atoms with Crippen molar-refractivity contribution in [3.8, 4) is 0 Å². The molecule has 1 amide bonds. The number of carbonyl (C=O) groups excluding carboxylic acids is 1. The summed E-state index contributed by atoms with van der Waals surface area (Å²) in [4.78, 5) is 16.8. The fourth-order valence-electron chi connectivity index (χ4n) is 3.32. The first-order valence-electron chi connectivity index (χ1n) is 8.54. The van der Waals surface area contributed by atoms with Crippen LogP contribution >= 0.6 is 0 Å². The molecule has 2 aliphatic heterocycles. The molecule has 122 valence electrons. The van der Waals surface area contributed by atoms with Gasteiger partial charge in [-0.05, 0) is 52.0 Å². The molecule has 2 aliphatic rings. The summed E-state index contributed by atoms with van der Waals surface area (Å²) in [6.45, 7) is 7.11. The van der Waals surface area contributed by atoms with Crippen molar-refractivity contribution in [1.29, 1.82) is 0 Å². The van der Waals surface area contributed by atoms with E-state index in [1.807, 2.05) is 0 Å². The third-order valence-corrected chi connectivity index (χ3v) is 4.72. The molecule has 0 saturated carbocycles. The zero-order chi connectivity index (χ0) is 15.1. The van der Waals surface area contributed by atoms with E-state index in [9.17, 15) is 4.79 Å². The van der Waals surface area contributed by atoms with Crippen LogP contribution in [0, 0.1) is 0 Å². The van der Waals surface area contributed by atoms with Crippen LogP contribution in [0.1, 0.15) is 45.4 Å². The first-order valence-corrected chi connectivity index (χ1v) is 8.54. The molecule has 0 aliphatic carbocycles. The second-order valence-electron chi connectivity index (χ2n) is 6.42. The smallest absolute Gasteiger partial charge is 0.236 e. The fourth-order valence-corrected chi connectivity index (χ4v) is 3.32. The average molecular weight is 297 g/mol. The second kappa shape index (κ2) is 8.71. The number of likely N-dealkylation sites (tertiary alicyclic amines) is 2. The summed E-state index contributed by atoms with van der Waals surface area (Å²) < 4.78 is 5.81. The highest BCUT2D eigenvalue weighted by Gasteiger charge is 2.26. The molecule has 0 spiro atoms. The van der Waals surface area contributed by atoms with Crippen molar-refractivity contribution in [3.63, 3.8) is 0 Å². The van der Waals surface area contributed by atoms with E-state index in [4.69, 9.17) is 10.5 Å². The molecule has 0 bridgehead atoms. The SMILES string of the molecule is CC1CCCCN1C(=O)CN1CCC(OCCCN)CC1. The van der Waals surface area contributed by atoms with E-state index < -0.39 is 0 Å². The zero-order valence-corrected chi connectivity index (χ0v) is 13.4. The van der Waals surface area contributed by atoms with Gasteiger partial charge in [0.1, 0.15) is 0 Å². The maximum atomic E-state index is 12.4. The predicted octanol–water partition coefficient (Wildman–Crippen LogP) is 1.22. The van der Waals surface area contributed by atoms with Gasteiger partial charge in [-0.15, -0.1) is 0 Å². The largest absolute Gasteiger partial charge is 0.378 e. The van der Waals surface area contributed by atoms with Crippen LogP contribution in [-0.4, -0.2) is 67.2 Å². The van der Waals surface area contributed by atoms with Crippen LogP contribution in [0.15, 0.2) is 0 Å². The quantitative estimate of drug-likeness (QED) is 0.749. The van der Waals surface area contributed by atoms with E-state index in [1.54, 1.807) is 0 Å². The minimum absolute atomic E-state index is 0.310. The van der Waals surface area contributed by atoms with E-state index in [0.717, 1.165) is 58.3 Å². The van der Waals surface area contributed by atoms with Crippen molar-refractivity contribution in [1.82, 2.24) is 9.80 Å². The number of hydrogen-bond donors (Lipinski definition) is 1. The van der Waals surface area contributed by atoms with Crippen molar-refractivity contribution in [2.24, 2.45) is 5.73 Å². The zero-order valence-electron chi connectivity index (χ0n) is 13.4. The van der Waals surface area contributed by atoms with Gasteiger partial charge >= 0.3 is 0 Å². The number of rotatable bonds is 6. The predicted molar refractivity (Wildman–Crippen MR) is 84.1 cm³/mol. The monoisotopic (exact) mass is 297 g/mol. The topological polar surface area (TPSA) is 58.8 Å². The van der Waals surface area contributed by atoms with Gasteiger partial charge in [-0.2, -0.15) is 0 Å². The van der Waals surface area contributed by atoms with Crippen molar-refractivity contribution >= 4 is 5.91 Å². The van der Waals surface area contributed by atoms with Gasteiger partial charge in [0.15, 0.2) is 0 Å². The van der Waals surface area contributed by atoms with E-state index in [1.165, 1.54) is 6.42 Å². The Labute approximate surface area is 128 Å². The Morgan fingerprint density at radius 1 is 1.19 bits per heavy atom. The summed E-state index contributed by atoms with van der Waals surface area (Å²) in [5.41, 5.74) is 5.47. The van der Waals surface area contributed by atoms with Crippen molar-refractivity contribution < 1.29 is 9.53 Å². The molecule has 2 saturated heterocycles. The van der Waals surface area contributed by atoms with Gasteiger partial charge in [0.2, 0.25) is 5.91 Å². The molecule has 2 rings (SSSR count). The minimum atomic E-state index is 0.310. The van der Waals surface area contributed by atoms with E-state index >= 15 is 0 Å². The summed E-state index contributed by atoms with van der Waals surface area (Å²) in [5.74, 6) is 0.310. The fraction of sp³-hybridized carbons (Fsp3) is 0.938. The highest BCUT2D eigenvalue weighted by molar-refractivity contribution is 5.78. The number of amides is 1. The van der Waals surface area contributed by atoms with Crippen LogP contribution in [0.3, 0.4) is 0 Å². The number of hydrogen-bond acceptors (Lipinski definition) is 4. The molecule has 0 aromatic heterocycles. The van der Waals surface area contributed by atoms with Gasteiger partial charge in [0.25, 0.3) is 0 Å². The van der Waals surface area contributed by atoms with Gasteiger partial charge in [-0.25, -0.2) is 0 Å². The van der Waals surface area contributed by atoms with Crippen LogP contribution in [0.5, 0.6) is 0 Å².